The Balaban J connectivity index is 1.95. The highest BCUT2D eigenvalue weighted by Crippen LogP contribution is 2.33. The van der Waals surface area contributed by atoms with Gasteiger partial charge in [-0.15, -0.1) is 5.10 Å². The molecule has 1 aliphatic carbocycles. The van der Waals surface area contributed by atoms with Gasteiger partial charge in [0.2, 0.25) is 5.16 Å². The number of nitrogens with one attached hydrogen (secondary N) is 1. The molecule has 1 heterocycles. The molecule has 1 fully saturated rings. The van der Waals surface area contributed by atoms with Crippen molar-refractivity contribution in [3.05, 3.63) is 5.82 Å². The third-order valence-electron chi connectivity index (χ3n) is 2.60. The SMILES string of the molecule is CC(C)c1nc(SC2CCCC2)n[nH]1. The van der Waals surface area contributed by atoms with Gasteiger partial charge in [-0.2, -0.15) is 0 Å². The first-order valence-corrected chi connectivity index (χ1v) is 6.22. The summed E-state index contributed by atoms with van der Waals surface area (Å²) in [4.78, 5) is 4.47. The van der Waals surface area contributed by atoms with Crippen LogP contribution in [0.25, 0.3) is 0 Å². The van der Waals surface area contributed by atoms with Crippen LogP contribution in [0.5, 0.6) is 0 Å². The van der Waals surface area contributed by atoms with Gasteiger partial charge in [0.05, 0.1) is 0 Å². The molecule has 2 rings (SSSR count). The van der Waals surface area contributed by atoms with Crippen LogP contribution in [0, 0.1) is 0 Å². The van der Waals surface area contributed by atoms with Crippen LogP contribution in [0.3, 0.4) is 0 Å². The molecule has 4 heteroatoms. The molecular weight excluding hydrogens is 194 g/mol. The van der Waals surface area contributed by atoms with Crippen molar-refractivity contribution in [1.29, 1.82) is 0 Å². The van der Waals surface area contributed by atoms with Crippen LogP contribution in [-0.4, -0.2) is 20.4 Å². The molecule has 1 saturated carbocycles. The zero-order valence-electron chi connectivity index (χ0n) is 8.79. The fourth-order valence-electron chi connectivity index (χ4n) is 1.72. The number of aromatic amines is 1. The Morgan fingerprint density at radius 3 is 2.64 bits per heavy atom. The molecule has 0 radical (unpaired) electrons. The summed E-state index contributed by atoms with van der Waals surface area (Å²) in [7, 11) is 0. The summed E-state index contributed by atoms with van der Waals surface area (Å²) in [6.07, 6.45) is 5.41. The van der Waals surface area contributed by atoms with Crippen molar-refractivity contribution >= 4 is 11.8 Å². The number of rotatable bonds is 3. The van der Waals surface area contributed by atoms with E-state index in [2.05, 4.69) is 29.0 Å². The standard InChI is InChI=1S/C10H17N3S/c1-7(2)9-11-10(13-12-9)14-8-5-3-4-6-8/h7-8H,3-6H2,1-2H3,(H,11,12,13). The van der Waals surface area contributed by atoms with Gasteiger partial charge in [-0.25, -0.2) is 4.98 Å². The highest BCUT2D eigenvalue weighted by Gasteiger charge is 2.18. The van der Waals surface area contributed by atoms with Gasteiger partial charge in [-0.3, -0.25) is 5.10 Å². The van der Waals surface area contributed by atoms with Crippen LogP contribution in [0.2, 0.25) is 0 Å². The normalized spacial score (nSPS) is 18.2. The summed E-state index contributed by atoms with van der Waals surface area (Å²) in [6.45, 7) is 4.26. The van der Waals surface area contributed by atoms with Gasteiger partial charge in [0.15, 0.2) is 0 Å². The van der Waals surface area contributed by atoms with Crippen LogP contribution < -0.4 is 0 Å². The first-order chi connectivity index (χ1) is 6.75. The van der Waals surface area contributed by atoms with Crippen molar-refractivity contribution in [2.75, 3.05) is 0 Å². The summed E-state index contributed by atoms with van der Waals surface area (Å²) in [5, 5.41) is 8.91. The fourth-order valence-corrected chi connectivity index (χ4v) is 2.84. The maximum absolute atomic E-state index is 4.47. The van der Waals surface area contributed by atoms with Crippen LogP contribution >= 0.6 is 11.8 Å². The summed E-state index contributed by atoms with van der Waals surface area (Å²) < 4.78 is 0. The Kier molecular flexibility index (Phi) is 3.11. The molecule has 0 saturated heterocycles. The Hall–Kier alpha value is -0.510. The minimum absolute atomic E-state index is 0.445. The van der Waals surface area contributed by atoms with E-state index in [1.807, 2.05) is 11.8 Å². The molecule has 14 heavy (non-hydrogen) atoms. The summed E-state index contributed by atoms with van der Waals surface area (Å²) >= 11 is 1.84. The number of H-pyrrole nitrogens is 1. The second kappa shape index (κ2) is 4.34. The molecular formula is C10H17N3S. The first-order valence-electron chi connectivity index (χ1n) is 5.34. The molecule has 0 spiro atoms. The van der Waals surface area contributed by atoms with E-state index in [1.54, 1.807) is 0 Å². The van der Waals surface area contributed by atoms with Gasteiger partial charge < -0.3 is 0 Å². The smallest absolute Gasteiger partial charge is 0.208 e. The second-order valence-corrected chi connectivity index (χ2v) is 5.45. The topological polar surface area (TPSA) is 41.6 Å². The van der Waals surface area contributed by atoms with Crippen molar-refractivity contribution in [1.82, 2.24) is 15.2 Å². The lowest BCUT2D eigenvalue weighted by Gasteiger charge is -2.03. The minimum Gasteiger partial charge on any atom is -0.262 e. The Morgan fingerprint density at radius 2 is 2.07 bits per heavy atom. The number of nitrogens with zero attached hydrogens (tertiary/aromatic N) is 2. The Morgan fingerprint density at radius 1 is 1.36 bits per heavy atom. The maximum Gasteiger partial charge on any atom is 0.208 e. The molecule has 0 bridgehead atoms. The van der Waals surface area contributed by atoms with Crippen LogP contribution in [-0.2, 0) is 0 Å². The zero-order chi connectivity index (χ0) is 9.97. The molecule has 1 aliphatic rings. The van der Waals surface area contributed by atoms with Crippen molar-refractivity contribution in [2.45, 2.75) is 55.9 Å². The molecule has 0 unspecified atom stereocenters. The molecule has 1 aromatic rings. The van der Waals surface area contributed by atoms with Gasteiger partial charge in [-0.1, -0.05) is 38.5 Å². The molecule has 0 atom stereocenters. The lowest BCUT2D eigenvalue weighted by atomic mass is 10.2. The van der Waals surface area contributed by atoms with E-state index in [0.717, 1.165) is 16.2 Å². The van der Waals surface area contributed by atoms with E-state index >= 15 is 0 Å². The quantitative estimate of drug-likeness (QED) is 0.835. The fraction of sp³-hybridized carbons (Fsp3) is 0.800. The second-order valence-electron chi connectivity index (χ2n) is 4.18. The predicted octanol–water partition coefficient (Wildman–Crippen LogP) is 2.96. The van der Waals surface area contributed by atoms with Crippen molar-refractivity contribution in [2.24, 2.45) is 0 Å². The number of thioether (sulfide) groups is 1. The van der Waals surface area contributed by atoms with Gasteiger partial charge in [-0.05, 0) is 12.8 Å². The number of hydrogen-bond acceptors (Lipinski definition) is 3. The molecule has 1 aromatic heterocycles. The molecule has 0 aliphatic heterocycles. The van der Waals surface area contributed by atoms with Crippen molar-refractivity contribution in [3.63, 3.8) is 0 Å². The highest BCUT2D eigenvalue weighted by atomic mass is 32.2. The Bertz CT molecular complexity index is 289. The molecule has 0 amide bonds. The lowest BCUT2D eigenvalue weighted by Crippen LogP contribution is -1.94. The van der Waals surface area contributed by atoms with Crippen molar-refractivity contribution < 1.29 is 0 Å². The van der Waals surface area contributed by atoms with Gasteiger partial charge >= 0.3 is 0 Å². The summed E-state index contributed by atoms with van der Waals surface area (Å²) in [5.41, 5.74) is 0. The van der Waals surface area contributed by atoms with Crippen LogP contribution in [0.4, 0.5) is 0 Å². The number of aromatic nitrogens is 3. The monoisotopic (exact) mass is 211 g/mol. The lowest BCUT2D eigenvalue weighted by molar-refractivity contribution is 0.780. The van der Waals surface area contributed by atoms with E-state index in [-0.39, 0.29) is 0 Å². The van der Waals surface area contributed by atoms with Crippen molar-refractivity contribution in [3.8, 4) is 0 Å². The van der Waals surface area contributed by atoms with E-state index in [0.29, 0.717) is 5.92 Å². The largest absolute Gasteiger partial charge is 0.262 e. The average Bonchev–Trinajstić information content (AvgIpc) is 2.75. The minimum atomic E-state index is 0.445. The maximum atomic E-state index is 4.47. The first kappa shape index (κ1) is 10.0. The molecule has 3 nitrogen and oxygen atoms in total. The van der Waals surface area contributed by atoms with Crippen LogP contribution in [0.1, 0.15) is 51.3 Å². The third kappa shape index (κ3) is 2.29. The molecule has 78 valence electrons. The van der Waals surface area contributed by atoms with E-state index in [1.165, 1.54) is 25.7 Å². The van der Waals surface area contributed by atoms with Gasteiger partial charge in [0.25, 0.3) is 0 Å². The van der Waals surface area contributed by atoms with E-state index < -0.39 is 0 Å². The number of hydrogen-bond donors (Lipinski definition) is 1. The Labute approximate surface area is 89.1 Å². The molecule has 0 aromatic carbocycles. The molecule has 1 N–H and O–H groups in total. The average molecular weight is 211 g/mol. The van der Waals surface area contributed by atoms with Gasteiger partial charge in [0, 0.05) is 11.2 Å². The summed E-state index contributed by atoms with van der Waals surface area (Å²) in [6, 6.07) is 0. The summed E-state index contributed by atoms with van der Waals surface area (Å²) in [5.74, 6) is 1.45. The van der Waals surface area contributed by atoms with E-state index in [9.17, 15) is 0 Å². The van der Waals surface area contributed by atoms with E-state index in [4.69, 9.17) is 0 Å². The van der Waals surface area contributed by atoms with Gasteiger partial charge in [0.1, 0.15) is 5.82 Å². The van der Waals surface area contributed by atoms with Crippen LogP contribution in [0.15, 0.2) is 5.16 Å². The third-order valence-corrected chi connectivity index (χ3v) is 3.80. The predicted molar refractivity (Wildman–Crippen MR) is 58.6 cm³/mol. The zero-order valence-corrected chi connectivity index (χ0v) is 9.60. The highest BCUT2D eigenvalue weighted by molar-refractivity contribution is 7.99.